The van der Waals surface area contributed by atoms with Crippen molar-refractivity contribution in [3.8, 4) is 5.75 Å². The number of amides is 1. The number of carbonyl (C=O) groups excluding carboxylic acids is 1. The van der Waals surface area contributed by atoms with Crippen LogP contribution in [0.1, 0.15) is 17.5 Å². The zero-order chi connectivity index (χ0) is 19.4. The number of benzene rings is 2. The van der Waals surface area contributed by atoms with Crippen LogP contribution >= 0.6 is 12.4 Å². The maximum Gasteiger partial charge on any atom is 0.227 e. The van der Waals surface area contributed by atoms with Gasteiger partial charge in [0.2, 0.25) is 5.91 Å². The van der Waals surface area contributed by atoms with Gasteiger partial charge in [-0.05, 0) is 54.4 Å². The van der Waals surface area contributed by atoms with Crippen molar-refractivity contribution < 1.29 is 22.3 Å². The highest BCUT2D eigenvalue weighted by molar-refractivity contribution is 7.90. The molecule has 1 aliphatic rings. The molecule has 2 aromatic rings. The SMILES string of the molecule is CS(=O)(=O)c1ccc(OCCC(=O)Nc2ccc3c(c2F)CCNC3)cc1.Cl. The van der Waals surface area contributed by atoms with Crippen molar-refractivity contribution in [2.24, 2.45) is 0 Å². The number of rotatable bonds is 6. The van der Waals surface area contributed by atoms with E-state index in [0.717, 1.165) is 11.8 Å². The number of fused-ring (bicyclic) bond motifs is 1. The smallest absolute Gasteiger partial charge is 0.227 e. The molecule has 3 rings (SSSR count). The molecule has 0 unspecified atom stereocenters. The van der Waals surface area contributed by atoms with Crippen LogP contribution in [0.3, 0.4) is 0 Å². The summed E-state index contributed by atoms with van der Waals surface area (Å²) < 4.78 is 42.8. The zero-order valence-electron chi connectivity index (χ0n) is 15.3. The molecule has 0 spiro atoms. The van der Waals surface area contributed by atoms with Gasteiger partial charge in [0, 0.05) is 12.8 Å². The van der Waals surface area contributed by atoms with Crippen molar-refractivity contribution in [1.82, 2.24) is 5.32 Å². The lowest BCUT2D eigenvalue weighted by Gasteiger charge is -2.19. The Kier molecular flexibility index (Phi) is 7.40. The van der Waals surface area contributed by atoms with Crippen LogP contribution in [0.25, 0.3) is 0 Å². The van der Waals surface area contributed by atoms with Gasteiger partial charge in [0.1, 0.15) is 11.6 Å². The number of anilines is 1. The van der Waals surface area contributed by atoms with Crippen LogP contribution in [0.2, 0.25) is 0 Å². The van der Waals surface area contributed by atoms with Gasteiger partial charge in [-0.25, -0.2) is 12.8 Å². The molecular formula is C19H22ClFN2O4S. The molecule has 9 heteroatoms. The van der Waals surface area contributed by atoms with E-state index in [-0.39, 0.29) is 47.7 Å². The first-order chi connectivity index (χ1) is 12.8. The van der Waals surface area contributed by atoms with Gasteiger partial charge in [0.15, 0.2) is 9.84 Å². The summed E-state index contributed by atoms with van der Waals surface area (Å²) in [4.78, 5) is 12.3. The first kappa shape index (κ1) is 22.1. The summed E-state index contributed by atoms with van der Waals surface area (Å²) in [7, 11) is -3.26. The summed E-state index contributed by atoms with van der Waals surface area (Å²) in [6.07, 6.45) is 1.77. The van der Waals surface area contributed by atoms with Crippen molar-refractivity contribution in [3.63, 3.8) is 0 Å². The summed E-state index contributed by atoms with van der Waals surface area (Å²) in [6.45, 7) is 1.44. The lowest BCUT2D eigenvalue weighted by Crippen LogP contribution is -2.25. The standard InChI is InChI=1S/C19H21FN2O4S.ClH/c1-27(24,25)15-5-3-14(4-6-15)26-11-9-18(23)22-17-7-2-13-12-21-10-8-16(13)19(17)20;/h2-7,21H,8-12H2,1H3,(H,22,23);1H. The predicted octanol–water partition coefficient (Wildman–Crippen LogP) is 2.70. The molecule has 2 N–H and O–H groups in total. The van der Waals surface area contributed by atoms with E-state index in [1.165, 1.54) is 24.3 Å². The zero-order valence-corrected chi connectivity index (χ0v) is 17.0. The molecule has 0 saturated heterocycles. The van der Waals surface area contributed by atoms with Crippen LogP contribution in [0.5, 0.6) is 5.75 Å². The van der Waals surface area contributed by atoms with E-state index >= 15 is 0 Å². The Balaban J connectivity index is 0.00000280. The van der Waals surface area contributed by atoms with Crippen LogP contribution in [-0.2, 0) is 27.6 Å². The molecule has 1 aliphatic heterocycles. The van der Waals surface area contributed by atoms with Crippen LogP contribution in [-0.4, -0.2) is 33.7 Å². The highest BCUT2D eigenvalue weighted by Crippen LogP contribution is 2.24. The molecule has 1 amide bonds. The Morgan fingerprint density at radius 3 is 2.61 bits per heavy atom. The van der Waals surface area contributed by atoms with E-state index < -0.39 is 9.84 Å². The average molecular weight is 429 g/mol. The van der Waals surface area contributed by atoms with Crippen molar-refractivity contribution in [1.29, 1.82) is 0 Å². The number of sulfone groups is 1. The van der Waals surface area contributed by atoms with E-state index in [1.807, 2.05) is 6.07 Å². The van der Waals surface area contributed by atoms with E-state index in [2.05, 4.69) is 10.6 Å². The number of halogens is 2. The third kappa shape index (κ3) is 5.43. The fraction of sp³-hybridized carbons (Fsp3) is 0.316. The number of hydrogen-bond donors (Lipinski definition) is 2. The normalized spacial score (nSPS) is 13.2. The summed E-state index contributed by atoms with van der Waals surface area (Å²) in [5.41, 5.74) is 1.74. The monoisotopic (exact) mass is 428 g/mol. The van der Waals surface area contributed by atoms with Crippen molar-refractivity contribution >= 4 is 33.8 Å². The topological polar surface area (TPSA) is 84.5 Å². The molecule has 6 nitrogen and oxygen atoms in total. The molecule has 0 saturated carbocycles. The summed E-state index contributed by atoms with van der Waals surface area (Å²) in [5, 5.41) is 5.76. The Morgan fingerprint density at radius 2 is 1.93 bits per heavy atom. The van der Waals surface area contributed by atoms with E-state index in [0.29, 0.717) is 30.8 Å². The minimum Gasteiger partial charge on any atom is -0.493 e. The second-order valence-corrected chi connectivity index (χ2v) is 8.40. The molecule has 0 bridgehead atoms. The van der Waals surface area contributed by atoms with Gasteiger partial charge in [0.25, 0.3) is 0 Å². The minimum absolute atomic E-state index is 0. The first-order valence-electron chi connectivity index (χ1n) is 8.58. The Morgan fingerprint density at radius 1 is 1.21 bits per heavy atom. The molecule has 0 fully saturated rings. The summed E-state index contributed by atoms with van der Waals surface area (Å²) >= 11 is 0. The molecule has 152 valence electrons. The maximum absolute atomic E-state index is 14.5. The Hall–Kier alpha value is -2.16. The third-order valence-corrected chi connectivity index (χ3v) is 5.46. The van der Waals surface area contributed by atoms with Gasteiger partial charge in [-0.3, -0.25) is 4.79 Å². The number of hydrogen-bond acceptors (Lipinski definition) is 5. The minimum atomic E-state index is -3.26. The highest BCUT2D eigenvalue weighted by atomic mass is 35.5. The lowest BCUT2D eigenvalue weighted by atomic mass is 9.99. The predicted molar refractivity (Wildman–Crippen MR) is 107 cm³/mol. The number of nitrogens with one attached hydrogen (secondary N) is 2. The van der Waals surface area contributed by atoms with Gasteiger partial charge >= 0.3 is 0 Å². The van der Waals surface area contributed by atoms with Crippen molar-refractivity contribution in [2.75, 3.05) is 24.7 Å². The fourth-order valence-corrected chi connectivity index (χ4v) is 3.52. The van der Waals surface area contributed by atoms with Crippen LogP contribution in [0.15, 0.2) is 41.3 Å². The molecule has 0 atom stereocenters. The quantitative estimate of drug-likeness (QED) is 0.739. The van der Waals surface area contributed by atoms with Crippen LogP contribution in [0.4, 0.5) is 10.1 Å². The van der Waals surface area contributed by atoms with E-state index in [9.17, 15) is 17.6 Å². The molecule has 0 aromatic heterocycles. The molecule has 2 aromatic carbocycles. The fourth-order valence-electron chi connectivity index (χ4n) is 2.89. The summed E-state index contributed by atoms with van der Waals surface area (Å²) in [6, 6.07) is 9.35. The van der Waals surface area contributed by atoms with Gasteiger partial charge in [0.05, 0.1) is 23.6 Å². The molecule has 28 heavy (non-hydrogen) atoms. The average Bonchev–Trinajstić information content (AvgIpc) is 2.64. The van der Waals surface area contributed by atoms with Gasteiger partial charge < -0.3 is 15.4 Å². The summed E-state index contributed by atoms with van der Waals surface area (Å²) in [5.74, 6) is -0.266. The first-order valence-corrected chi connectivity index (χ1v) is 10.5. The van der Waals surface area contributed by atoms with E-state index in [4.69, 9.17) is 4.74 Å². The van der Waals surface area contributed by atoms with Crippen molar-refractivity contribution in [2.45, 2.75) is 24.3 Å². The lowest BCUT2D eigenvalue weighted by molar-refractivity contribution is -0.116. The van der Waals surface area contributed by atoms with Crippen LogP contribution < -0.4 is 15.4 Å². The molecule has 0 aliphatic carbocycles. The Labute approximate surface area is 169 Å². The number of ether oxygens (including phenoxy) is 1. The molecule has 1 heterocycles. The van der Waals surface area contributed by atoms with Gasteiger partial charge in [-0.1, -0.05) is 6.07 Å². The second kappa shape index (κ2) is 9.36. The Bertz CT molecular complexity index is 949. The third-order valence-electron chi connectivity index (χ3n) is 4.33. The largest absolute Gasteiger partial charge is 0.493 e. The van der Waals surface area contributed by atoms with Crippen molar-refractivity contribution in [3.05, 3.63) is 53.3 Å². The maximum atomic E-state index is 14.5. The second-order valence-electron chi connectivity index (χ2n) is 6.38. The molecule has 0 radical (unpaired) electrons. The van der Waals surface area contributed by atoms with Crippen LogP contribution in [0, 0.1) is 5.82 Å². The van der Waals surface area contributed by atoms with Gasteiger partial charge in [-0.15, -0.1) is 12.4 Å². The van der Waals surface area contributed by atoms with Gasteiger partial charge in [-0.2, -0.15) is 0 Å². The number of carbonyl (C=O) groups is 1. The highest BCUT2D eigenvalue weighted by Gasteiger charge is 2.17. The molecular weight excluding hydrogens is 407 g/mol. The van der Waals surface area contributed by atoms with E-state index in [1.54, 1.807) is 6.07 Å².